The van der Waals surface area contributed by atoms with Crippen molar-refractivity contribution in [1.82, 2.24) is 9.97 Å². The molecule has 0 radical (unpaired) electrons. The zero-order valence-electron chi connectivity index (χ0n) is 9.71. The molecule has 0 N–H and O–H groups in total. The van der Waals surface area contributed by atoms with E-state index in [0.29, 0.717) is 16.4 Å². The summed E-state index contributed by atoms with van der Waals surface area (Å²) in [5.74, 6) is 0.444. The van der Waals surface area contributed by atoms with Gasteiger partial charge in [-0.05, 0) is 19.1 Å². The van der Waals surface area contributed by atoms with Gasteiger partial charge in [-0.2, -0.15) is 0 Å². The van der Waals surface area contributed by atoms with E-state index in [-0.39, 0.29) is 12.2 Å². The van der Waals surface area contributed by atoms with Crippen molar-refractivity contribution in [2.75, 3.05) is 0 Å². The molecule has 0 saturated carbocycles. The number of para-hydroxylation sites is 2. The van der Waals surface area contributed by atoms with Crippen LogP contribution in [0.2, 0.25) is 0 Å². The highest BCUT2D eigenvalue weighted by Gasteiger charge is 2.14. The van der Waals surface area contributed by atoms with Gasteiger partial charge in [-0.25, -0.2) is 9.97 Å². The second kappa shape index (κ2) is 4.34. The largest absolute Gasteiger partial charge is 0.440 e. The first-order valence-electron chi connectivity index (χ1n) is 5.52. The maximum absolute atomic E-state index is 12.0. The van der Waals surface area contributed by atoms with E-state index in [1.807, 2.05) is 31.2 Å². The number of thiazole rings is 1. The van der Waals surface area contributed by atoms with Gasteiger partial charge in [0.2, 0.25) is 5.89 Å². The summed E-state index contributed by atoms with van der Waals surface area (Å²) >= 11 is 1.39. The molecule has 0 amide bonds. The van der Waals surface area contributed by atoms with Gasteiger partial charge in [0.15, 0.2) is 11.4 Å². The van der Waals surface area contributed by atoms with Gasteiger partial charge in [-0.15, -0.1) is 11.3 Å². The lowest BCUT2D eigenvalue weighted by molar-refractivity contribution is 0.0990. The molecule has 0 bridgehead atoms. The van der Waals surface area contributed by atoms with Crippen LogP contribution in [0.5, 0.6) is 0 Å². The fourth-order valence-electron chi connectivity index (χ4n) is 1.71. The molecule has 0 aliphatic heterocycles. The van der Waals surface area contributed by atoms with Crippen LogP contribution < -0.4 is 0 Å². The highest BCUT2D eigenvalue weighted by Crippen LogP contribution is 2.18. The Morgan fingerprint density at radius 3 is 2.94 bits per heavy atom. The molecule has 0 aliphatic carbocycles. The van der Waals surface area contributed by atoms with Gasteiger partial charge in [0.25, 0.3) is 0 Å². The minimum absolute atomic E-state index is 0.00726. The first kappa shape index (κ1) is 11.1. The van der Waals surface area contributed by atoms with Crippen LogP contribution in [0.4, 0.5) is 0 Å². The number of nitrogens with zero attached hydrogens (tertiary/aromatic N) is 2. The minimum Gasteiger partial charge on any atom is -0.440 e. The standard InChI is InChI=1S/C13H10N2O2S/c1-8-14-7-12(18-8)10(16)6-13-15-9-4-2-3-5-11(9)17-13/h2-5,7H,6H2,1H3. The first-order chi connectivity index (χ1) is 8.72. The molecule has 0 unspecified atom stereocenters. The molecule has 4 nitrogen and oxygen atoms in total. The molecule has 2 aromatic heterocycles. The molecule has 3 rings (SSSR count). The van der Waals surface area contributed by atoms with Crippen molar-refractivity contribution >= 4 is 28.2 Å². The molecule has 0 fully saturated rings. The highest BCUT2D eigenvalue weighted by atomic mass is 32.1. The topological polar surface area (TPSA) is 56.0 Å². The van der Waals surface area contributed by atoms with Gasteiger partial charge in [0.05, 0.1) is 16.3 Å². The molecule has 2 heterocycles. The fraction of sp³-hybridized carbons (Fsp3) is 0.154. The molecule has 90 valence electrons. The van der Waals surface area contributed by atoms with Crippen molar-refractivity contribution in [3.63, 3.8) is 0 Å². The quantitative estimate of drug-likeness (QED) is 0.678. The van der Waals surface area contributed by atoms with Crippen molar-refractivity contribution in [3.8, 4) is 0 Å². The third kappa shape index (κ3) is 2.04. The lowest BCUT2D eigenvalue weighted by atomic mass is 10.2. The number of carbonyl (C=O) groups is 1. The van der Waals surface area contributed by atoms with Gasteiger partial charge in [0.1, 0.15) is 5.52 Å². The number of aromatic nitrogens is 2. The monoisotopic (exact) mass is 258 g/mol. The van der Waals surface area contributed by atoms with Crippen LogP contribution in [-0.4, -0.2) is 15.8 Å². The molecule has 0 saturated heterocycles. The van der Waals surface area contributed by atoms with Crippen molar-refractivity contribution in [2.24, 2.45) is 0 Å². The molecular weight excluding hydrogens is 248 g/mol. The number of oxazole rings is 1. The number of ketones is 1. The molecule has 0 atom stereocenters. The van der Waals surface area contributed by atoms with E-state index in [0.717, 1.165) is 10.5 Å². The predicted octanol–water partition coefficient (Wildman–Crippen LogP) is 3.02. The lowest BCUT2D eigenvalue weighted by Crippen LogP contribution is -2.01. The third-order valence-corrected chi connectivity index (χ3v) is 3.50. The Hall–Kier alpha value is -2.01. The van der Waals surface area contributed by atoms with Gasteiger partial charge in [0, 0.05) is 6.20 Å². The number of rotatable bonds is 3. The number of aryl methyl sites for hydroxylation is 1. The third-order valence-electron chi connectivity index (χ3n) is 2.55. The molecule has 0 spiro atoms. The first-order valence-corrected chi connectivity index (χ1v) is 6.34. The van der Waals surface area contributed by atoms with Gasteiger partial charge >= 0.3 is 0 Å². The van der Waals surface area contributed by atoms with Crippen molar-refractivity contribution in [1.29, 1.82) is 0 Å². The summed E-state index contributed by atoms with van der Waals surface area (Å²) in [5.41, 5.74) is 1.49. The van der Waals surface area contributed by atoms with Crippen LogP contribution in [0.15, 0.2) is 34.9 Å². The second-order valence-corrected chi connectivity index (χ2v) is 5.15. The van der Waals surface area contributed by atoms with E-state index >= 15 is 0 Å². The van der Waals surface area contributed by atoms with E-state index < -0.39 is 0 Å². The highest BCUT2D eigenvalue weighted by molar-refractivity contribution is 7.13. The molecular formula is C13H10N2O2S. The number of hydrogen-bond acceptors (Lipinski definition) is 5. The summed E-state index contributed by atoms with van der Waals surface area (Å²) in [6, 6.07) is 7.48. The van der Waals surface area contributed by atoms with Gasteiger partial charge in [-0.3, -0.25) is 4.79 Å². The average molecular weight is 258 g/mol. The number of Topliss-reactive ketones (excluding diaryl/α,β-unsaturated/α-hetero) is 1. The number of carbonyl (C=O) groups excluding carboxylic acids is 1. The van der Waals surface area contributed by atoms with Crippen LogP contribution in [0.3, 0.4) is 0 Å². The Labute approximate surface area is 107 Å². The molecule has 5 heteroatoms. The lowest BCUT2D eigenvalue weighted by Gasteiger charge is -1.91. The zero-order chi connectivity index (χ0) is 12.5. The van der Waals surface area contributed by atoms with Crippen LogP contribution in [0.25, 0.3) is 11.1 Å². The normalized spacial score (nSPS) is 10.9. The summed E-state index contributed by atoms with van der Waals surface area (Å²) in [5, 5.41) is 0.885. The summed E-state index contributed by atoms with van der Waals surface area (Å²) in [4.78, 5) is 21.0. The number of hydrogen-bond donors (Lipinski definition) is 0. The van der Waals surface area contributed by atoms with Crippen molar-refractivity contribution < 1.29 is 9.21 Å². The Bertz CT molecular complexity index is 681. The van der Waals surface area contributed by atoms with E-state index in [1.54, 1.807) is 6.20 Å². The van der Waals surface area contributed by atoms with Crippen LogP contribution in [0.1, 0.15) is 20.6 Å². The maximum Gasteiger partial charge on any atom is 0.203 e. The molecule has 1 aromatic carbocycles. The zero-order valence-corrected chi connectivity index (χ0v) is 10.5. The Morgan fingerprint density at radius 2 is 2.22 bits per heavy atom. The van der Waals surface area contributed by atoms with Gasteiger partial charge in [-0.1, -0.05) is 12.1 Å². The second-order valence-electron chi connectivity index (χ2n) is 3.92. The maximum atomic E-state index is 12.0. The number of fused-ring (bicyclic) bond motifs is 1. The summed E-state index contributed by atoms with van der Waals surface area (Å²) < 4.78 is 5.52. The van der Waals surface area contributed by atoms with E-state index in [2.05, 4.69) is 9.97 Å². The summed E-state index contributed by atoms with van der Waals surface area (Å²) in [6.07, 6.45) is 1.78. The van der Waals surface area contributed by atoms with Crippen molar-refractivity contribution in [2.45, 2.75) is 13.3 Å². The molecule has 0 aliphatic rings. The Kier molecular flexibility index (Phi) is 2.68. The predicted molar refractivity (Wildman–Crippen MR) is 68.9 cm³/mol. The van der Waals surface area contributed by atoms with Crippen molar-refractivity contribution in [3.05, 3.63) is 46.2 Å². The van der Waals surface area contributed by atoms with E-state index in [4.69, 9.17) is 4.42 Å². The molecule has 3 aromatic rings. The average Bonchev–Trinajstić information content (AvgIpc) is 2.94. The Balaban J connectivity index is 1.86. The van der Waals surface area contributed by atoms with Crippen LogP contribution in [0, 0.1) is 6.92 Å². The van der Waals surface area contributed by atoms with Crippen LogP contribution in [-0.2, 0) is 6.42 Å². The molecule has 18 heavy (non-hydrogen) atoms. The fourth-order valence-corrected chi connectivity index (χ4v) is 2.43. The van der Waals surface area contributed by atoms with E-state index in [1.165, 1.54) is 11.3 Å². The summed E-state index contributed by atoms with van der Waals surface area (Å²) in [6.45, 7) is 1.88. The SMILES string of the molecule is Cc1ncc(C(=O)Cc2nc3ccccc3o2)s1. The Morgan fingerprint density at radius 1 is 1.39 bits per heavy atom. The van der Waals surface area contributed by atoms with Crippen LogP contribution >= 0.6 is 11.3 Å². The summed E-state index contributed by atoms with van der Waals surface area (Å²) in [7, 11) is 0. The van der Waals surface area contributed by atoms with E-state index in [9.17, 15) is 4.79 Å². The number of benzene rings is 1. The smallest absolute Gasteiger partial charge is 0.203 e. The van der Waals surface area contributed by atoms with Gasteiger partial charge < -0.3 is 4.42 Å². The minimum atomic E-state index is -0.00726.